The molecule has 100 valence electrons. The average molecular weight is 326 g/mol. The molecule has 0 unspecified atom stereocenters. The second-order valence-corrected chi connectivity index (χ2v) is 4.21. The highest BCUT2D eigenvalue weighted by Crippen LogP contribution is 2.20. The van der Waals surface area contributed by atoms with E-state index >= 15 is 0 Å². The van der Waals surface area contributed by atoms with E-state index in [0.29, 0.717) is 17.4 Å². The first-order valence-electron chi connectivity index (χ1n) is 5.06. The van der Waals surface area contributed by atoms with Gasteiger partial charge in [-0.1, -0.05) is 15.9 Å². The van der Waals surface area contributed by atoms with Crippen LogP contribution >= 0.6 is 15.9 Å². The van der Waals surface area contributed by atoms with Gasteiger partial charge in [0.2, 0.25) is 5.91 Å². The fourth-order valence-corrected chi connectivity index (χ4v) is 1.47. The van der Waals surface area contributed by atoms with Crippen LogP contribution in [0.5, 0.6) is 5.75 Å². The number of alkyl halides is 4. The monoisotopic (exact) mass is 325 g/mol. The van der Waals surface area contributed by atoms with Gasteiger partial charge >= 0.3 is 6.18 Å². The van der Waals surface area contributed by atoms with Crippen molar-refractivity contribution in [2.24, 2.45) is 0 Å². The summed E-state index contributed by atoms with van der Waals surface area (Å²) < 4.78 is 40.2. The molecule has 0 aliphatic carbocycles. The van der Waals surface area contributed by atoms with E-state index in [0.717, 1.165) is 0 Å². The van der Waals surface area contributed by atoms with Crippen LogP contribution in [-0.4, -0.2) is 24.0 Å². The second-order valence-electron chi connectivity index (χ2n) is 3.42. The molecular formula is C11H11BrF3NO2. The Bertz CT molecular complexity index is 392. The van der Waals surface area contributed by atoms with Crippen LogP contribution in [0.25, 0.3) is 0 Å². The Morgan fingerprint density at radius 2 is 1.89 bits per heavy atom. The number of hydrogen-bond donors (Lipinski definition) is 1. The molecule has 1 N–H and O–H groups in total. The summed E-state index contributed by atoms with van der Waals surface area (Å²) >= 11 is 3.13. The molecule has 0 atom stereocenters. The molecule has 0 saturated heterocycles. The van der Waals surface area contributed by atoms with E-state index < -0.39 is 12.8 Å². The van der Waals surface area contributed by atoms with Gasteiger partial charge in [-0.15, -0.1) is 0 Å². The van der Waals surface area contributed by atoms with Crippen molar-refractivity contribution in [3.05, 3.63) is 24.3 Å². The lowest BCUT2D eigenvalue weighted by atomic mass is 10.3. The number of carbonyl (C=O) groups excluding carboxylic acids is 1. The molecule has 7 heteroatoms. The summed E-state index contributed by atoms with van der Waals surface area (Å²) in [5.41, 5.74) is 0.514. The molecule has 0 saturated carbocycles. The number of amides is 1. The molecule has 1 aromatic rings. The zero-order chi connectivity index (χ0) is 13.6. The molecule has 1 rings (SSSR count). The first-order valence-corrected chi connectivity index (χ1v) is 6.18. The van der Waals surface area contributed by atoms with Crippen LogP contribution in [0.3, 0.4) is 0 Å². The van der Waals surface area contributed by atoms with E-state index in [4.69, 9.17) is 0 Å². The maximum Gasteiger partial charge on any atom is 0.422 e. The number of anilines is 1. The number of nitrogens with one attached hydrogen (secondary N) is 1. The average Bonchev–Trinajstić information content (AvgIpc) is 2.27. The Hall–Kier alpha value is -1.24. The lowest BCUT2D eigenvalue weighted by molar-refractivity contribution is -0.153. The largest absolute Gasteiger partial charge is 0.484 e. The van der Waals surface area contributed by atoms with Gasteiger partial charge in [-0.25, -0.2) is 0 Å². The lowest BCUT2D eigenvalue weighted by Crippen LogP contribution is -2.19. The van der Waals surface area contributed by atoms with Crippen molar-refractivity contribution >= 4 is 27.5 Å². The Labute approximate surface area is 110 Å². The van der Waals surface area contributed by atoms with E-state index in [1.165, 1.54) is 24.3 Å². The minimum Gasteiger partial charge on any atom is -0.484 e. The summed E-state index contributed by atoms with van der Waals surface area (Å²) in [5, 5.41) is 3.14. The van der Waals surface area contributed by atoms with Crippen molar-refractivity contribution < 1.29 is 22.7 Å². The molecule has 18 heavy (non-hydrogen) atoms. The van der Waals surface area contributed by atoms with E-state index in [2.05, 4.69) is 26.0 Å². The quantitative estimate of drug-likeness (QED) is 0.843. The molecule has 0 spiro atoms. The summed E-state index contributed by atoms with van der Waals surface area (Å²) in [4.78, 5) is 11.2. The first kappa shape index (κ1) is 14.8. The lowest BCUT2D eigenvalue weighted by Gasteiger charge is -2.10. The van der Waals surface area contributed by atoms with Gasteiger partial charge in [-0.2, -0.15) is 13.2 Å². The predicted octanol–water partition coefficient (Wildman–Crippen LogP) is 3.35. The van der Waals surface area contributed by atoms with Crippen molar-refractivity contribution in [2.45, 2.75) is 12.6 Å². The van der Waals surface area contributed by atoms with Crippen LogP contribution in [0, 0.1) is 0 Å². The van der Waals surface area contributed by atoms with E-state index in [-0.39, 0.29) is 11.7 Å². The summed E-state index contributed by atoms with van der Waals surface area (Å²) in [6, 6.07) is 5.71. The molecule has 1 aromatic carbocycles. The minimum atomic E-state index is -4.36. The van der Waals surface area contributed by atoms with Crippen LogP contribution in [-0.2, 0) is 4.79 Å². The third-order valence-electron chi connectivity index (χ3n) is 1.86. The number of benzene rings is 1. The molecule has 0 heterocycles. The highest BCUT2D eigenvalue weighted by Gasteiger charge is 2.28. The van der Waals surface area contributed by atoms with Gasteiger partial charge in [0.25, 0.3) is 0 Å². The molecule has 0 aliphatic heterocycles. The van der Waals surface area contributed by atoms with E-state index in [9.17, 15) is 18.0 Å². The Morgan fingerprint density at radius 1 is 1.28 bits per heavy atom. The van der Waals surface area contributed by atoms with Crippen LogP contribution < -0.4 is 10.1 Å². The third kappa shape index (κ3) is 5.90. The summed E-state index contributed by atoms with van der Waals surface area (Å²) in [6.07, 6.45) is -4.03. The third-order valence-corrected chi connectivity index (χ3v) is 2.26. The van der Waals surface area contributed by atoms with Crippen LogP contribution in [0.2, 0.25) is 0 Å². The molecule has 0 fully saturated rings. The van der Waals surface area contributed by atoms with Gasteiger partial charge < -0.3 is 10.1 Å². The summed E-state index contributed by atoms with van der Waals surface area (Å²) in [5.74, 6) is -0.0679. The smallest absolute Gasteiger partial charge is 0.422 e. The maximum atomic E-state index is 11.9. The standard InChI is InChI=1S/C11H11BrF3NO2/c12-6-5-10(17)16-8-1-3-9(4-2-8)18-7-11(13,14)15/h1-4H,5-7H2,(H,16,17). The maximum absolute atomic E-state index is 11.9. The van der Waals surface area contributed by atoms with Gasteiger partial charge in [-0.3, -0.25) is 4.79 Å². The van der Waals surface area contributed by atoms with Crippen molar-refractivity contribution in [1.29, 1.82) is 0 Å². The zero-order valence-corrected chi connectivity index (χ0v) is 10.8. The number of carbonyl (C=O) groups is 1. The van der Waals surface area contributed by atoms with Gasteiger partial charge in [0.15, 0.2) is 6.61 Å². The van der Waals surface area contributed by atoms with Gasteiger partial charge in [0, 0.05) is 17.4 Å². The topological polar surface area (TPSA) is 38.3 Å². The Balaban J connectivity index is 2.50. The normalized spacial score (nSPS) is 11.1. The van der Waals surface area contributed by atoms with Crippen LogP contribution in [0.4, 0.5) is 18.9 Å². The molecule has 1 amide bonds. The molecule has 0 bridgehead atoms. The molecule has 3 nitrogen and oxygen atoms in total. The minimum absolute atomic E-state index is 0.103. The van der Waals surface area contributed by atoms with Gasteiger partial charge in [-0.05, 0) is 24.3 Å². The van der Waals surface area contributed by atoms with Crippen molar-refractivity contribution in [3.8, 4) is 5.75 Å². The Kier molecular flexibility index (Phi) is 5.46. The number of halogens is 4. The summed E-state index contributed by atoms with van der Waals surface area (Å²) in [6.45, 7) is -1.33. The molecule has 0 aromatic heterocycles. The first-order chi connectivity index (χ1) is 8.40. The van der Waals surface area contributed by atoms with Crippen LogP contribution in [0.15, 0.2) is 24.3 Å². The highest BCUT2D eigenvalue weighted by molar-refractivity contribution is 9.09. The highest BCUT2D eigenvalue weighted by atomic mass is 79.9. The fraction of sp³-hybridized carbons (Fsp3) is 0.364. The van der Waals surface area contributed by atoms with Crippen molar-refractivity contribution in [2.75, 3.05) is 17.3 Å². The van der Waals surface area contributed by atoms with Crippen LogP contribution in [0.1, 0.15) is 6.42 Å². The zero-order valence-electron chi connectivity index (χ0n) is 9.26. The number of rotatable bonds is 5. The molecule has 0 radical (unpaired) electrons. The van der Waals surface area contributed by atoms with E-state index in [1.807, 2.05) is 0 Å². The van der Waals surface area contributed by atoms with E-state index in [1.54, 1.807) is 0 Å². The Morgan fingerprint density at radius 3 is 2.39 bits per heavy atom. The molecule has 0 aliphatic rings. The SMILES string of the molecule is O=C(CCBr)Nc1ccc(OCC(F)(F)F)cc1. The van der Waals surface area contributed by atoms with Crippen molar-refractivity contribution in [1.82, 2.24) is 0 Å². The number of hydrogen-bond acceptors (Lipinski definition) is 2. The number of ether oxygens (including phenoxy) is 1. The predicted molar refractivity (Wildman–Crippen MR) is 65.0 cm³/mol. The van der Waals surface area contributed by atoms with Crippen molar-refractivity contribution in [3.63, 3.8) is 0 Å². The van der Waals surface area contributed by atoms with Gasteiger partial charge in [0.1, 0.15) is 5.75 Å². The second kappa shape index (κ2) is 6.63. The van der Waals surface area contributed by atoms with Gasteiger partial charge in [0.05, 0.1) is 0 Å². The summed E-state index contributed by atoms with van der Waals surface area (Å²) in [7, 11) is 0. The molecular weight excluding hydrogens is 315 g/mol. The fourth-order valence-electron chi connectivity index (χ4n) is 1.11.